The summed E-state index contributed by atoms with van der Waals surface area (Å²) in [5.74, 6) is -2.00. The van der Waals surface area contributed by atoms with Crippen LogP contribution in [-0.2, 0) is 19.7 Å². The van der Waals surface area contributed by atoms with Gasteiger partial charge in [0.05, 0.1) is 24.1 Å². The van der Waals surface area contributed by atoms with Gasteiger partial charge >= 0.3 is 5.97 Å². The summed E-state index contributed by atoms with van der Waals surface area (Å²) in [5, 5.41) is 10.7. The molecule has 0 radical (unpaired) electrons. The van der Waals surface area contributed by atoms with Crippen molar-refractivity contribution in [3.63, 3.8) is 0 Å². The lowest BCUT2D eigenvalue weighted by Gasteiger charge is -2.49. The molecule has 1 aliphatic heterocycles. The van der Waals surface area contributed by atoms with Crippen LogP contribution in [0.25, 0.3) is 10.9 Å². The number of aromatic nitrogens is 1. The molecule has 2 heterocycles. The normalized spacial score (nSPS) is 22.0. The van der Waals surface area contributed by atoms with Crippen molar-refractivity contribution in [1.29, 1.82) is 0 Å². The van der Waals surface area contributed by atoms with Crippen molar-refractivity contribution in [1.82, 2.24) is 4.98 Å². The highest BCUT2D eigenvalue weighted by atomic mass is 19.1. The van der Waals surface area contributed by atoms with Crippen molar-refractivity contribution in [2.24, 2.45) is 5.41 Å². The highest BCUT2D eigenvalue weighted by Gasteiger charge is 2.52. The van der Waals surface area contributed by atoms with E-state index < -0.39 is 23.0 Å². The number of benzene rings is 1. The lowest BCUT2D eigenvalue weighted by Crippen LogP contribution is -2.53. The van der Waals surface area contributed by atoms with Crippen LogP contribution in [0.3, 0.4) is 0 Å². The molecule has 2 aromatic rings. The van der Waals surface area contributed by atoms with Gasteiger partial charge in [-0.05, 0) is 42.7 Å². The average molecular weight is 403 g/mol. The van der Waals surface area contributed by atoms with Crippen LogP contribution in [-0.4, -0.2) is 35.1 Å². The van der Waals surface area contributed by atoms with Gasteiger partial charge in [-0.3, -0.25) is 9.78 Å². The van der Waals surface area contributed by atoms with Crippen molar-refractivity contribution in [3.05, 3.63) is 41.8 Å². The van der Waals surface area contributed by atoms with E-state index in [0.717, 1.165) is 0 Å². The molecule has 1 saturated carbocycles. The van der Waals surface area contributed by atoms with Crippen molar-refractivity contribution < 1.29 is 23.8 Å². The predicted molar refractivity (Wildman–Crippen MR) is 109 cm³/mol. The lowest BCUT2D eigenvalue weighted by atomic mass is 9.66. The molecule has 0 amide bonds. The highest BCUT2D eigenvalue weighted by Crippen LogP contribution is 2.49. The zero-order chi connectivity index (χ0) is 21.3. The minimum absolute atomic E-state index is 0.0363. The summed E-state index contributed by atoms with van der Waals surface area (Å²) in [6.45, 7) is 9.36. The minimum atomic E-state index is -1.10. The number of pyridine rings is 1. The number of hydrogen-bond donors (Lipinski definition) is 1. The van der Waals surface area contributed by atoms with Crippen LogP contribution in [0.15, 0.2) is 30.5 Å². The number of fused-ring (bicyclic) bond motifs is 1. The third-order valence-electron chi connectivity index (χ3n) is 5.95. The molecule has 0 unspecified atom stereocenters. The van der Waals surface area contributed by atoms with Crippen LogP contribution < -0.4 is 0 Å². The Hall–Kier alpha value is -2.05. The Balaban J connectivity index is 0.00000117. The smallest absolute Gasteiger partial charge is 0.314 e. The van der Waals surface area contributed by atoms with Crippen LogP contribution in [0.2, 0.25) is 0 Å². The number of carboxylic acid groups (broad SMARTS) is 1. The highest BCUT2D eigenvalue weighted by molar-refractivity contribution is 5.91. The molecule has 29 heavy (non-hydrogen) atoms. The fourth-order valence-corrected chi connectivity index (χ4v) is 4.22. The molecule has 5 nitrogen and oxygen atoms in total. The van der Waals surface area contributed by atoms with Gasteiger partial charge in [-0.2, -0.15) is 0 Å². The summed E-state index contributed by atoms with van der Waals surface area (Å²) < 4.78 is 26.0. The van der Waals surface area contributed by atoms with Gasteiger partial charge in [0, 0.05) is 29.8 Å². The molecule has 1 aromatic heterocycles. The Morgan fingerprint density at radius 1 is 1.07 bits per heavy atom. The van der Waals surface area contributed by atoms with Gasteiger partial charge in [-0.1, -0.05) is 27.7 Å². The number of rotatable bonds is 2. The quantitative estimate of drug-likeness (QED) is 0.759. The number of hydrogen-bond acceptors (Lipinski definition) is 4. The number of ether oxygens (including phenoxy) is 2. The molecule has 1 aliphatic carbocycles. The maximum Gasteiger partial charge on any atom is 0.314 e. The molecule has 0 atom stereocenters. The summed E-state index contributed by atoms with van der Waals surface area (Å²) in [7, 11) is 0. The second-order valence-corrected chi connectivity index (χ2v) is 8.56. The van der Waals surface area contributed by atoms with E-state index in [9.17, 15) is 14.3 Å². The van der Waals surface area contributed by atoms with Crippen molar-refractivity contribution >= 4 is 16.9 Å². The summed E-state index contributed by atoms with van der Waals surface area (Å²) in [5.41, 5.74) is 0.0814. The van der Waals surface area contributed by atoms with Crippen molar-refractivity contribution in [3.8, 4) is 0 Å². The van der Waals surface area contributed by atoms with E-state index >= 15 is 0 Å². The zero-order valence-electron chi connectivity index (χ0n) is 17.6. The molecule has 1 aromatic carbocycles. The van der Waals surface area contributed by atoms with Gasteiger partial charge in [-0.15, -0.1) is 0 Å². The number of carboxylic acids is 1. The van der Waals surface area contributed by atoms with Gasteiger partial charge in [0.2, 0.25) is 0 Å². The van der Waals surface area contributed by atoms with Gasteiger partial charge in [-0.25, -0.2) is 4.39 Å². The average Bonchev–Trinajstić information content (AvgIpc) is 2.72. The maximum atomic E-state index is 13.9. The van der Waals surface area contributed by atoms with Crippen LogP contribution in [0.4, 0.5) is 4.39 Å². The van der Waals surface area contributed by atoms with E-state index in [2.05, 4.69) is 18.8 Å². The molecule has 0 bridgehead atoms. The first-order valence-corrected chi connectivity index (χ1v) is 10.3. The molecule has 158 valence electrons. The molecular formula is C23H30FNO4. The number of carbonyl (C=O) groups is 1. The molecule has 6 heteroatoms. The Labute approximate surface area is 171 Å². The van der Waals surface area contributed by atoms with E-state index in [1.165, 1.54) is 12.1 Å². The monoisotopic (exact) mass is 403 g/mol. The number of halogens is 1. The first-order chi connectivity index (χ1) is 13.8. The minimum Gasteiger partial charge on any atom is -0.481 e. The van der Waals surface area contributed by atoms with E-state index in [1.54, 1.807) is 18.3 Å². The third kappa shape index (κ3) is 4.01. The maximum absolute atomic E-state index is 13.9. The molecule has 1 spiro atoms. The second kappa shape index (κ2) is 8.00. The van der Waals surface area contributed by atoms with Crippen LogP contribution >= 0.6 is 0 Å². The lowest BCUT2D eigenvalue weighted by molar-refractivity contribution is -0.313. The second-order valence-electron chi connectivity index (χ2n) is 8.56. The van der Waals surface area contributed by atoms with Crippen LogP contribution in [0.1, 0.15) is 58.9 Å². The summed E-state index contributed by atoms with van der Waals surface area (Å²) >= 11 is 0. The predicted octanol–water partition coefficient (Wildman–Crippen LogP) is 5.07. The van der Waals surface area contributed by atoms with Gasteiger partial charge in [0.1, 0.15) is 5.82 Å². The summed E-state index contributed by atoms with van der Waals surface area (Å²) in [4.78, 5) is 16.6. The van der Waals surface area contributed by atoms with Gasteiger partial charge < -0.3 is 14.6 Å². The van der Waals surface area contributed by atoms with Gasteiger partial charge in [0.25, 0.3) is 0 Å². The SMILES string of the molecule is CC.CC1(C)COC2(CCC(C(=O)O)(c3ccnc4ccc(F)cc34)CC2)OC1. The number of nitrogens with zero attached hydrogens (tertiary/aromatic N) is 1. The molecule has 2 aliphatic rings. The van der Waals surface area contributed by atoms with Crippen molar-refractivity contribution in [2.45, 2.75) is 64.6 Å². The largest absolute Gasteiger partial charge is 0.481 e. The molecule has 2 fully saturated rings. The first kappa shape index (κ1) is 21.7. The Kier molecular flexibility index (Phi) is 5.97. The van der Waals surface area contributed by atoms with E-state index in [1.807, 2.05) is 13.8 Å². The Morgan fingerprint density at radius 2 is 1.69 bits per heavy atom. The van der Waals surface area contributed by atoms with Crippen LogP contribution in [0.5, 0.6) is 0 Å². The molecule has 1 saturated heterocycles. The Bertz CT molecular complexity index is 876. The standard InChI is InChI=1S/C21H24FNO4.C2H6/c1-19(2)12-26-21(27-13-19)8-6-20(7-9-21,18(24)25)16-5-10-23-17-4-3-14(22)11-15(16)17;1-2/h3-5,10-11H,6-9,12-13H2,1-2H3,(H,24,25);1-2H3. The number of aliphatic carboxylic acids is 1. The molecule has 4 rings (SSSR count). The fraction of sp³-hybridized carbons (Fsp3) is 0.565. The molecular weight excluding hydrogens is 373 g/mol. The fourth-order valence-electron chi connectivity index (χ4n) is 4.22. The zero-order valence-corrected chi connectivity index (χ0v) is 17.6. The molecule has 1 N–H and O–H groups in total. The topological polar surface area (TPSA) is 68.7 Å². The van der Waals surface area contributed by atoms with Crippen LogP contribution in [0, 0.1) is 11.2 Å². The summed E-state index contributed by atoms with van der Waals surface area (Å²) in [6.07, 6.45) is 3.33. The third-order valence-corrected chi connectivity index (χ3v) is 5.95. The first-order valence-electron chi connectivity index (χ1n) is 10.3. The van der Waals surface area contributed by atoms with Gasteiger partial charge in [0.15, 0.2) is 5.79 Å². The van der Waals surface area contributed by atoms with Crippen molar-refractivity contribution in [2.75, 3.05) is 13.2 Å². The van der Waals surface area contributed by atoms with E-state index in [-0.39, 0.29) is 5.41 Å². The van der Waals surface area contributed by atoms with E-state index in [0.29, 0.717) is 55.4 Å². The Morgan fingerprint density at radius 3 is 2.28 bits per heavy atom. The summed E-state index contributed by atoms with van der Waals surface area (Å²) in [6, 6.07) is 6.01. The van der Waals surface area contributed by atoms with E-state index in [4.69, 9.17) is 9.47 Å².